The number of aromatic nitrogens is 2. The van der Waals surface area contributed by atoms with E-state index in [9.17, 15) is 0 Å². The minimum Gasteiger partial charge on any atom is -0.340 e. The Morgan fingerprint density at radius 1 is 1.50 bits per heavy atom. The Balaban J connectivity index is 2.68. The van der Waals surface area contributed by atoms with E-state index in [1.165, 1.54) is 0 Å². The molecule has 0 amide bonds. The second-order valence-electron chi connectivity index (χ2n) is 3.54. The standard InChI is InChI=1S/C10H15N3O/c1-5-6-7-11-10(3,4)9-12-8(2)14-13-9/h11H,7H2,1-4H3. The van der Waals surface area contributed by atoms with Gasteiger partial charge in [0, 0.05) is 6.92 Å². The molecule has 76 valence electrons. The molecule has 1 aromatic heterocycles. The molecule has 0 fully saturated rings. The molecule has 0 aliphatic carbocycles. The van der Waals surface area contributed by atoms with Crippen LogP contribution in [0.1, 0.15) is 32.5 Å². The normalized spacial score (nSPS) is 10.9. The van der Waals surface area contributed by atoms with E-state index in [0.717, 1.165) is 0 Å². The van der Waals surface area contributed by atoms with Gasteiger partial charge in [-0.2, -0.15) is 4.98 Å². The van der Waals surface area contributed by atoms with Crippen LogP contribution in [0.5, 0.6) is 0 Å². The third kappa shape index (κ3) is 2.57. The van der Waals surface area contributed by atoms with E-state index in [0.29, 0.717) is 18.3 Å². The Labute approximate surface area is 84.1 Å². The zero-order valence-corrected chi connectivity index (χ0v) is 9.01. The van der Waals surface area contributed by atoms with Crippen LogP contribution in [-0.2, 0) is 5.54 Å². The van der Waals surface area contributed by atoms with Crippen LogP contribution >= 0.6 is 0 Å². The lowest BCUT2D eigenvalue weighted by Gasteiger charge is -2.20. The lowest BCUT2D eigenvalue weighted by atomic mass is 10.1. The molecule has 0 bridgehead atoms. The smallest absolute Gasteiger partial charge is 0.223 e. The van der Waals surface area contributed by atoms with Gasteiger partial charge in [0.05, 0.1) is 12.1 Å². The van der Waals surface area contributed by atoms with Crippen molar-refractivity contribution < 1.29 is 4.52 Å². The fraction of sp³-hybridized carbons (Fsp3) is 0.600. The van der Waals surface area contributed by atoms with Gasteiger partial charge in [-0.1, -0.05) is 11.1 Å². The van der Waals surface area contributed by atoms with E-state index >= 15 is 0 Å². The van der Waals surface area contributed by atoms with Crippen molar-refractivity contribution in [3.8, 4) is 11.8 Å². The maximum Gasteiger partial charge on any atom is 0.223 e. The first-order valence-electron chi connectivity index (χ1n) is 4.51. The van der Waals surface area contributed by atoms with E-state index in [1.54, 1.807) is 6.92 Å². The van der Waals surface area contributed by atoms with Crippen molar-refractivity contribution in [2.45, 2.75) is 33.2 Å². The summed E-state index contributed by atoms with van der Waals surface area (Å²) in [6.07, 6.45) is 0. The van der Waals surface area contributed by atoms with Crippen LogP contribution in [0.3, 0.4) is 0 Å². The molecule has 0 saturated carbocycles. The summed E-state index contributed by atoms with van der Waals surface area (Å²) in [6.45, 7) is 8.20. The Bertz CT molecular complexity index is 357. The zero-order chi connectivity index (χ0) is 10.6. The summed E-state index contributed by atoms with van der Waals surface area (Å²) in [5.74, 6) is 6.99. The molecule has 14 heavy (non-hydrogen) atoms. The second-order valence-corrected chi connectivity index (χ2v) is 3.54. The van der Waals surface area contributed by atoms with Crippen molar-refractivity contribution >= 4 is 0 Å². The molecular weight excluding hydrogens is 178 g/mol. The van der Waals surface area contributed by atoms with Gasteiger partial charge in [0.15, 0.2) is 5.82 Å². The van der Waals surface area contributed by atoms with E-state index < -0.39 is 0 Å². The van der Waals surface area contributed by atoms with Crippen LogP contribution in [0.2, 0.25) is 0 Å². The highest BCUT2D eigenvalue weighted by Crippen LogP contribution is 2.15. The molecular formula is C10H15N3O. The predicted octanol–water partition coefficient (Wildman–Crippen LogP) is 1.23. The molecule has 1 heterocycles. The van der Waals surface area contributed by atoms with Crippen LogP contribution in [-0.4, -0.2) is 16.7 Å². The largest absolute Gasteiger partial charge is 0.340 e. The fourth-order valence-electron chi connectivity index (χ4n) is 0.986. The molecule has 0 atom stereocenters. The molecule has 1 N–H and O–H groups in total. The number of nitrogens with zero attached hydrogens (tertiary/aromatic N) is 2. The van der Waals surface area contributed by atoms with E-state index in [-0.39, 0.29) is 5.54 Å². The Morgan fingerprint density at radius 2 is 2.21 bits per heavy atom. The van der Waals surface area contributed by atoms with Crippen LogP contribution in [0.4, 0.5) is 0 Å². The number of hydrogen-bond acceptors (Lipinski definition) is 4. The summed E-state index contributed by atoms with van der Waals surface area (Å²) in [7, 11) is 0. The molecule has 0 spiro atoms. The first-order valence-corrected chi connectivity index (χ1v) is 4.51. The topological polar surface area (TPSA) is 51.0 Å². The van der Waals surface area contributed by atoms with Crippen molar-refractivity contribution in [2.24, 2.45) is 0 Å². The van der Waals surface area contributed by atoms with Gasteiger partial charge in [-0.15, -0.1) is 5.92 Å². The molecule has 1 rings (SSSR count). The highest BCUT2D eigenvalue weighted by atomic mass is 16.5. The van der Waals surface area contributed by atoms with Gasteiger partial charge in [-0.25, -0.2) is 0 Å². The van der Waals surface area contributed by atoms with Gasteiger partial charge in [0.1, 0.15) is 0 Å². The maximum absolute atomic E-state index is 4.92. The van der Waals surface area contributed by atoms with Crippen molar-refractivity contribution in [1.29, 1.82) is 0 Å². The van der Waals surface area contributed by atoms with E-state index in [2.05, 4.69) is 27.3 Å². The summed E-state index contributed by atoms with van der Waals surface area (Å²) in [4.78, 5) is 4.17. The van der Waals surface area contributed by atoms with E-state index in [1.807, 2.05) is 20.8 Å². The SMILES string of the molecule is CC#CCNC(C)(C)c1noc(C)n1. The molecule has 4 heteroatoms. The molecule has 0 unspecified atom stereocenters. The lowest BCUT2D eigenvalue weighted by molar-refractivity contribution is 0.347. The third-order valence-corrected chi connectivity index (χ3v) is 1.88. The summed E-state index contributed by atoms with van der Waals surface area (Å²) in [5, 5.41) is 7.10. The zero-order valence-electron chi connectivity index (χ0n) is 9.01. The van der Waals surface area contributed by atoms with Crippen LogP contribution in [0.25, 0.3) is 0 Å². The number of nitrogens with one attached hydrogen (secondary N) is 1. The summed E-state index contributed by atoms with van der Waals surface area (Å²) < 4.78 is 4.92. The van der Waals surface area contributed by atoms with Crippen LogP contribution in [0, 0.1) is 18.8 Å². The van der Waals surface area contributed by atoms with Gasteiger partial charge in [-0.3, -0.25) is 5.32 Å². The van der Waals surface area contributed by atoms with Crippen LogP contribution < -0.4 is 5.32 Å². The lowest BCUT2D eigenvalue weighted by Crippen LogP contribution is -2.37. The fourth-order valence-corrected chi connectivity index (χ4v) is 0.986. The maximum atomic E-state index is 4.92. The first-order chi connectivity index (χ1) is 6.56. The number of hydrogen-bond donors (Lipinski definition) is 1. The number of aryl methyl sites for hydroxylation is 1. The Hall–Kier alpha value is -1.34. The average molecular weight is 193 g/mol. The van der Waals surface area contributed by atoms with Crippen LogP contribution in [0.15, 0.2) is 4.52 Å². The molecule has 1 aromatic rings. The molecule has 0 aliphatic heterocycles. The van der Waals surface area contributed by atoms with Crippen molar-refractivity contribution in [3.63, 3.8) is 0 Å². The van der Waals surface area contributed by atoms with Gasteiger partial charge < -0.3 is 4.52 Å². The minimum atomic E-state index is -0.304. The molecule has 0 aliphatic rings. The summed E-state index contributed by atoms with van der Waals surface area (Å²) in [6, 6.07) is 0. The van der Waals surface area contributed by atoms with Crippen molar-refractivity contribution in [2.75, 3.05) is 6.54 Å². The van der Waals surface area contributed by atoms with Gasteiger partial charge in [-0.05, 0) is 20.8 Å². The molecule has 0 radical (unpaired) electrons. The Morgan fingerprint density at radius 3 is 2.71 bits per heavy atom. The highest BCUT2D eigenvalue weighted by molar-refractivity contribution is 5.04. The van der Waals surface area contributed by atoms with Gasteiger partial charge >= 0.3 is 0 Å². The molecule has 4 nitrogen and oxygen atoms in total. The monoisotopic (exact) mass is 193 g/mol. The van der Waals surface area contributed by atoms with Gasteiger partial charge in [0.25, 0.3) is 0 Å². The minimum absolute atomic E-state index is 0.304. The second kappa shape index (κ2) is 4.25. The first kappa shape index (κ1) is 10.7. The highest BCUT2D eigenvalue weighted by Gasteiger charge is 2.24. The summed E-state index contributed by atoms with van der Waals surface area (Å²) in [5.41, 5.74) is -0.304. The average Bonchev–Trinajstić information content (AvgIpc) is 2.53. The summed E-state index contributed by atoms with van der Waals surface area (Å²) >= 11 is 0. The van der Waals surface area contributed by atoms with E-state index in [4.69, 9.17) is 4.52 Å². The van der Waals surface area contributed by atoms with Gasteiger partial charge in [0.2, 0.25) is 5.89 Å². The Kier molecular flexibility index (Phi) is 3.26. The third-order valence-electron chi connectivity index (χ3n) is 1.88. The molecule has 0 aromatic carbocycles. The predicted molar refractivity (Wildman–Crippen MR) is 53.5 cm³/mol. The molecule has 0 saturated heterocycles. The van der Waals surface area contributed by atoms with Crippen molar-refractivity contribution in [3.05, 3.63) is 11.7 Å². The number of rotatable bonds is 3. The quantitative estimate of drug-likeness (QED) is 0.733. The van der Waals surface area contributed by atoms with Crippen molar-refractivity contribution in [1.82, 2.24) is 15.5 Å².